The number of piperazine rings is 1. The lowest BCUT2D eigenvalue weighted by Gasteiger charge is -2.29. The first-order valence-corrected chi connectivity index (χ1v) is 9.79. The van der Waals surface area contributed by atoms with Crippen LogP contribution in [-0.4, -0.2) is 51.4 Å². The van der Waals surface area contributed by atoms with E-state index in [1.54, 1.807) is 0 Å². The number of fused-ring (bicyclic) bond motifs is 1. The zero-order chi connectivity index (χ0) is 37.1. The van der Waals surface area contributed by atoms with Crippen LogP contribution in [0.3, 0.4) is 0 Å². The summed E-state index contributed by atoms with van der Waals surface area (Å²) in [6.45, 7) is -6.97. The van der Waals surface area contributed by atoms with Gasteiger partial charge in [0.15, 0.2) is 5.78 Å². The van der Waals surface area contributed by atoms with Crippen LogP contribution in [0.25, 0.3) is 11.0 Å². The Balaban J connectivity index is 1.72. The van der Waals surface area contributed by atoms with E-state index in [1.807, 2.05) is 0 Å². The molecule has 33 heavy (non-hydrogen) atoms. The van der Waals surface area contributed by atoms with E-state index in [2.05, 4.69) is 25.6 Å². The minimum atomic E-state index is -3.84. The summed E-state index contributed by atoms with van der Waals surface area (Å²) in [5.74, 6) is -1.65. The van der Waals surface area contributed by atoms with Crippen LogP contribution in [-0.2, 0) is 0 Å². The number of hydrogen-bond acceptors (Lipinski definition) is 8. The second-order valence-corrected chi connectivity index (χ2v) is 7.09. The molecule has 2 aliphatic rings. The van der Waals surface area contributed by atoms with E-state index < -0.39 is 90.8 Å². The lowest BCUT2D eigenvalue weighted by atomic mass is 10.0. The number of anilines is 3. The van der Waals surface area contributed by atoms with Gasteiger partial charge in [0.1, 0.15) is 11.5 Å². The van der Waals surface area contributed by atoms with Gasteiger partial charge in [0, 0.05) is 64.2 Å². The maximum absolute atomic E-state index is 14.1. The minimum Gasteiger partial charge on any atom is -0.368 e. The number of ketones is 1. The Morgan fingerprint density at radius 2 is 2.03 bits per heavy atom. The quantitative estimate of drug-likeness (QED) is 0.557. The molecule has 1 aliphatic heterocycles. The number of aryl methyl sites for hydroxylation is 1. The van der Waals surface area contributed by atoms with Crippen molar-refractivity contribution in [3.8, 4) is 0 Å². The van der Waals surface area contributed by atoms with Crippen molar-refractivity contribution >= 4 is 34.3 Å². The molecular weight excluding hydrogens is 418 g/mol. The molecule has 172 valence electrons. The molecular formula is C24H29N7O2. The van der Waals surface area contributed by atoms with Crippen molar-refractivity contribution in [2.24, 2.45) is 0 Å². The fourth-order valence-corrected chi connectivity index (χ4v) is 3.42. The highest BCUT2D eigenvalue weighted by molar-refractivity contribution is 5.99. The van der Waals surface area contributed by atoms with Crippen LogP contribution in [0.15, 0.2) is 29.3 Å². The van der Waals surface area contributed by atoms with Crippen LogP contribution < -0.4 is 21.1 Å². The molecule has 5 rings (SSSR count). The molecule has 0 amide bonds. The lowest BCUT2D eigenvalue weighted by Crippen LogP contribution is -2.43. The molecule has 2 fully saturated rings. The number of carbonyl (C=O) groups excluding carboxylic acids is 1. The first-order valence-electron chi connectivity index (χ1n) is 17.8. The molecule has 1 aliphatic carbocycles. The molecule has 4 heterocycles. The van der Waals surface area contributed by atoms with Gasteiger partial charge in [0.25, 0.3) is 5.56 Å². The summed E-state index contributed by atoms with van der Waals surface area (Å²) in [7, 11) is 0. The number of nitrogens with one attached hydrogen (secondary N) is 2. The van der Waals surface area contributed by atoms with Crippen molar-refractivity contribution in [3.63, 3.8) is 0 Å². The molecule has 1 saturated heterocycles. The molecule has 9 nitrogen and oxygen atoms in total. The number of hydrogen-bond donors (Lipinski definition) is 2. The molecule has 1 saturated carbocycles. The first-order chi connectivity index (χ1) is 22.0. The molecule has 3 aromatic rings. The maximum atomic E-state index is 14.1. The van der Waals surface area contributed by atoms with E-state index in [1.165, 1.54) is 23.2 Å². The van der Waals surface area contributed by atoms with Crippen molar-refractivity contribution in [1.29, 1.82) is 0 Å². The Kier molecular flexibility index (Phi) is 2.67. The molecule has 0 radical (unpaired) electrons. The van der Waals surface area contributed by atoms with Gasteiger partial charge in [-0.1, -0.05) is 12.7 Å². The molecule has 0 aromatic carbocycles. The average molecular weight is 464 g/mol. The summed E-state index contributed by atoms with van der Waals surface area (Å²) in [6.07, 6.45) is -13.1. The van der Waals surface area contributed by atoms with Gasteiger partial charge in [0.05, 0.1) is 18.8 Å². The largest absolute Gasteiger partial charge is 0.368 e. The van der Waals surface area contributed by atoms with Gasteiger partial charge >= 0.3 is 0 Å². The van der Waals surface area contributed by atoms with Crippen LogP contribution >= 0.6 is 0 Å². The Bertz CT molecular complexity index is 1870. The molecule has 0 spiro atoms. The summed E-state index contributed by atoms with van der Waals surface area (Å²) >= 11 is 0. The highest BCUT2D eigenvalue weighted by Crippen LogP contribution is 2.32. The second-order valence-electron chi connectivity index (χ2n) is 7.09. The summed E-state index contributed by atoms with van der Waals surface area (Å²) in [4.78, 5) is 40.6. The smallest absolute Gasteiger partial charge is 0.263 e. The SMILES string of the molecule is [2H]C1([2H])CN(c2ccc(Nc3ncc4c(C([2H])([2H])[2H])c(C(C)=O)c(=O)n(C5([2H])C([2H])([2H])C([2H])([2H])C([2H])([2H])C5([2H])[2H])c4n3)nc2)CC([2H])([2H])N1. The molecule has 0 bridgehead atoms. The van der Waals surface area contributed by atoms with E-state index in [-0.39, 0.29) is 23.5 Å². The zero-order valence-electron chi connectivity index (χ0n) is 33.3. The third-order valence-electron chi connectivity index (χ3n) is 4.99. The van der Waals surface area contributed by atoms with E-state index in [0.717, 1.165) is 13.1 Å². The highest BCUT2D eigenvalue weighted by Gasteiger charge is 2.25. The third-order valence-corrected chi connectivity index (χ3v) is 4.99. The number of rotatable bonds is 5. The fraction of sp³-hybridized carbons (Fsp3) is 0.458. The lowest BCUT2D eigenvalue weighted by molar-refractivity contribution is 0.101. The molecule has 2 N–H and O–H groups in total. The van der Waals surface area contributed by atoms with Crippen molar-refractivity contribution in [1.82, 2.24) is 24.8 Å². The predicted molar refractivity (Wildman–Crippen MR) is 129 cm³/mol. The number of pyridine rings is 2. The van der Waals surface area contributed by atoms with E-state index >= 15 is 0 Å². The van der Waals surface area contributed by atoms with E-state index in [4.69, 9.17) is 21.9 Å². The normalized spacial score (nSPS) is 34.6. The number of aromatic nitrogens is 4. The van der Waals surface area contributed by atoms with Crippen LogP contribution in [0.5, 0.6) is 0 Å². The Morgan fingerprint density at radius 3 is 2.70 bits per heavy atom. The van der Waals surface area contributed by atoms with Gasteiger partial charge in [-0.2, -0.15) is 4.98 Å². The van der Waals surface area contributed by atoms with Gasteiger partial charge in [-0.15, -0.1) is 0 Å². The molecule has 0 atom stereocenters. The van der Waals surface area contributed by atoms with Crippen molar-refractivity contribution in [3.05, 3.63) is 46.0 Å². The maximum Gasteiger partial charge on any atom is 0.263 e. The summed E-state index contributed by atoms with van der Waals surface area (Å²) in [6, 6.07) is -1.01. The second kappa shape index (κ2) is 8.90. The van der Waals surface area contributed by atoms with Crippen LogP contribution in [0.2, 0.25) is 0 Å². The highest BCUT2D eigenvalue weighted by atomic mass is 16.1. The topological polar surface area (TPSA) is 105 Å². The predicted octanol–water partition coefficient (Wildman–Crippen LogP) is 2.97. The van der Waals surface area contributed by atoms with E-state index in [0.29, 0.717) is 5.69 Å². The van der Waals surface area contributed by atoms with Crippen LogP contribution in [0.4, 0.5) is 17.5 Å². The van der Waals surface area contributed by atoms with Gasteiger partial charge in [-0.05, 0) is 44.2 Å². The Labute approximate surface area is 214 Å². The van der Waals surface area contributed by atoms with E-state index in [9.17, 15) is 9.59 Å². The summed E-state index contributed by atoms with van der Waals surface area (Å²) < 4.78 is 132. The molecule has 3 aromatic heterocycles. The number of carbonyl (C=O) groups is 1. The number of nitrogens with zero attached hydrogens (tertiary/aromatic N) is 5. The first kappa shape index (κ1) is 9.89. The van der Waals surface area contributed by atoms with Crippen molar-refractivity contribution in [2.75, 3.05) is 36.3 Å². The Morgan fingerprint density at radius 1 is 1.24 bits per heavy atom. The molecule has 9 heteroatoms. The van der Waals surface area contributed by atoms with Crippen LogP contribution in [0, 0.1) is 6.85 Å². The monoisotopic (exact) mass is 463 g/mol. The Hall–Kier alpha value is -3.33. The fourth-order valence-electron chi connectivity index (χ4n) is 3.42. The van der Waals surface area contributed by atoms with Gasteiger partial charge < -0.3 is 15.5 Å². The third kappa shape index (κ3) is 4.08. The van der Waals surface area contributed by atoms with Gasteiger partial charge in [0.2, 0.25) is 5.95 Å². The van der Waals surface area contributed by atoms with Crippen molar-refractivity contribution < 1.29 is 26.7 Å². The van der Waals surface area contributed by atoms with Gasteiger partial charge in [-0.3, -0.25) is 14.2 Å². The van der Waals surface area contributed by atoms with Gasteiger partial charge in [-0.25, -0.2) is 9.97 Å². The van der Waals surface area contributed by atoms with Crippen molar-refractivity contribution in [2.45, 2.75) is 45.3 Å². The standard InChI is InChI=1S/C24H29N7O2/c1-15-19-14-27-24(28-20-8-7-18(13-26-20)30-11-9-25-10-12-30)29-22(19)31(17-5-3-4-6-17)23(33)21(15)16(2)32/h7-8,13-14,17,25H,3-6,9-12H2,1-2H3,(H,26,27,28,29)/i1D3,3D2,4D2,5D2,6D2,9D2,10D2,17D. The van der Waals surface area contributed by atoms with Crippen LogP contribution in [0.1, 0.15) is 76.3 Å². The average Bonchev–Trinajstić information content (AvgIpc) is 2.98. The minimum absolute atomic E-state index is 0.00525. The summed E-state index contributed by atoms with van der Waals surface area (Å²) in [5.41, 5.74) is -4.30. The molecule has 0 unspecified atom stereocenters. The number of Topliss-reactive ketones (excluding diaryl/α,β-unsaturated/α-hetero) is 1. The zero-order valence-corrected chi connectivity index (χ0v) is 17.3. The summed E-state index contributed by atoms with van der Waals surface area (Å²) in [5, 5.41) is 4.29.